The molecule has 0 aliphatic heterocycles. The quantitative estimate of drug-likeness (QED) is 0.573. The fourth-order valence-electron chi connectivity index (χ4n) is 2.76. The third kappa shape index (κ3) is 3.43. The van der Waals surface area contributed by atoms with E-state index in [1.54, 1.807) is 22.8 Å². The molecule has 27 heavy (non-hydrogen) atoms. The van der Waals surface area contributed by atoms with Gasteiger partial charge < -0.3 is 8.97 Å². The van der Waals surface area contributed by atoms with Crippen molar-refractivity contribution in [3.8, 4) is 11.3 Å². The Balaban J connectivity index is 1.63. The summed E-state index contributed by atoms with van der Waals surface area (Å²) >= 11 is 0. The van der Waals surface area contributed by atoms with E-state index in [4.69, 9.17) is 0 Å². The van der Waals surface area contributed by atoms with Crippen molar-refractivity contribution in [3.63, 3.8) is 0 Å². The van der Waals surface area contributed by atoms with Gasteiger partial charge in [-0.25, -0.2) is 9.97 Å². The minimum absolute atomic E-state index is 0.00525. The molecule has 3 heterocycles. The van der Waals surface area contributed by atoms with Crippen LogP contribution in [0.2, 0.25) is 0 Å². The maximum absolute atomic E-state index is 12.6. The Morgan fingerprint density at radius 3 is 2.67 bits per heavy atom. The Kier molecular flexibility index (Phi) is 4.19. The highest BCUT2D eigenvalue weighted by Gasteiger charge is 2.18. The Labute approximate surface area is 157 Å². The van der Waals surface area contributed by atoms with Gasteiger partial charge in [-0.3, -0.25) is 4.72 Å². The second-order valence-electron chi connectivity index (χ2n) is 6.53. The maximum atomic E-state index is 12.6. The predicted octanol–water partition coefficient (Wildman–Crippen LogP) is 3.58. The lowest BCUT2D eigenvalue weighted by Crippen LogP contribution is -2.13. The van der Waals surface area contributed by atoms with Gasteiger partial charge in [0.05, 0.1) is 12.0 Å². The summed E-state index contributed by atoms with van der Waals surface area (Å²) in [6.45, 7) is 3.92. The standard InChI is InChI=1S/C19H19N5O2S/c1-14(2)24-12-19(20-13-24)27(25,26)22-16-7-5-6-15(10-16)17-11-23-9-4-3-8-18(23)21-17/h3-14,22H,1-2H3. The van der Waals surface area contributed by atoms with E-state index in [-0.39, 0.29) is 11.1 Å². The Morgan fingerprint density at radius 1 is 1.07 bits per heavy atom. The normalized spacial score (nSPS) is 12.0. The van der Waals surface area contributed by atoms with Crippen molar-refractivity contribution in [1.29, 1.82) is 0 Å². The van der Waals surface area contributed by atoms with Crippen LogP contribution in [0.5, 0.6) is 0 Å². The summed E-state index contributed by atoms with van der Waals surface area (Å²) in [6.07, 6.45) is 6.88. The molecule has 0 fully saturated rings. The van der Waals surface area contributed by atoms with Crippen LogP contribution in [0.15, 0.2) is 72.4 Å². The molecule has 3 aromatic heterocycles. The number of benzene rings is 1. The molecule has 0 aliphatic rings. The van der Waals surface area contributed by atoms with Crippen LogP contribution in [-0.2, 0) is 10.0 Å². The number of nitrogens with one attached hydrogen (secondary N) is 1. The van der Waals surface area contributed by atoms with E-state index in [9.17, 15) is 8.42 Å². The van der Waals surface area contributed by atoms with Crippen LogP contribution < -0.4 is 4.72 Å². The van der Waals surface area contributed by atoms with Gasteiger partial charge in [0.15, 0.2) is 5.03 Å². The Bertz CT molecular complexity index is 1170. The number of anilines is 1. The zero-order valence-corrected chi connectivity index (χ0v) is 15.8. The third-order valence-corrected chi connectivity index (χ3v) is 5.49. The van der Waals surface area contributed by atoms with E-state index < -0.39 is 10.0 Å². The monoisotopic (exact) mass is 381 g/mol. The molecule has 0 spiro atoms. The zero-order valence-electron chi connectivity index (χ0n) is 14.9. The molecule has 4 aromatic rings. The van der Waals surface area contributed by atoms with Gasteiger partial charge in [0.25, 0.3) is 10.0 Å². The smallest absolute Gasteiger partial charge is 0.280 e. The Hall–Kier alpha value is -3.13. The first-order chi connectivity index (χ1) is 12.9. The van der Waals surface area contributed by atoms with Gasteiger partial charge >= 0.3 is 0 Å². The van der Waals surface area contributed by atoms with Gasteiger partial charge in [-0.1, -0.05) is 18.2 Å². The van der Waals surface area contributed by atoms with Crippen LogP contribution >= 0.6 is 0 Å². The third-order valence-electron chi connectivity index (χ3n) is 4.22. The minimum Gasteiger partial charge on any atom is -0.334 e. The Morgan fingerprint density at radius 2 is 1.93 bits per heavy atom. The van der Waals surface area contributed by atoms with Crippen molar-refractivity contribution in [1.82, 2.24) is 18.9 Å². The molecule has 1 aromatic carbocycles. The van der Waals surface area contributed by atoms with Crippen molar-refractivity contribution in [2.75, 3.05) is 4.72 Å². The molecular formula is C19H19N5O2S. The van der Waals surface area contributed by atoms with Crippen molar-refractivity contribution >= 4 is 21.4 Å². The van der Waals surface area contributed by atoms with Crippen LogP contribution in [0.1, 0.15) is 19.9 Å². The molecule has 8 heteroatoms. The molecule has 0 saturated heterocycles. The first-order valence-electron chi connectivity index (χ1n) is 8.53. The molecule has 4 rings (SSSR count). The summed E-state index contributed by atoms with van der Waals surface area (Å²) in [5.41, 5.74) is 2.89. The second-order valence-corrected chi connectivity index (χ2v) is 8.16. The number of sulfonamides is 1. The summed E-state index contributed by atoms with van der Waals surface area (Å²) in [5.74, 6) is 0. The van der Waals surface area contributed by atoms with Crippen molar-refractivity contribution in [2.24, 2.45) is 0 Å². The van der Waals surface area contributed by atoms with Gasteiger partial charge in [0.1, 0.15) is 5.65 Å². The number of hydrogen-bond donors (Lipinski definition) is 1. The number of imidazole rings is 2. The van der Waals surface area contributed by atoms with Crippen LogP contribution in [-0.4, -0.2) is 27.4 Å². The van der Waals surface area contributed by atoms with Crippen LogP contribution in [0.4, 0.5) is 5.69 Å². The number of nitrogens with zero attached hydrogens (tertiary/aromatic N) is 4. The molecule has 0 radical (unpaired) electrons. The van der Waals surface area contributed by atoms with E-state index in [2.05, 4.69) is 14.7 Å². The van der Waals surface area contributed by atoms with E-state index in [1.165, 1.54) is 12.5 Å². The summed E-state index contributed by atoms with van der Waals surface area (Å²) in [7, 11) is -3.76. The zero-order chi connectivity index (χ0) is 19.0. The van der Waals surface area contributed by atoms with E-state index in [1.807, 2.05) is 54.9 Å². The van der Waals surface area contributed by atoms with Crippen molar-refractivity contribution in [3.05, 3.63) is 67.4 Å². The van der Waals surface area contributed by atoms with E-state index in [0.29, 0.717) is 5.69 Å². The van der Waals surface area contributed by atoms with Gasteiger partial charge in [-0.05, 0) is 38.1 Å². The van der Waals surface area contributed by atoms with E-state index >= 15 is 0 Å². The second kappa shape index (κ2) is 6.55. The molecule has 0 amide bonds. The van der Waals surface area contributed by atoms with Crippen LogP contribution in [0, 0.1) is 0 Å². The fraction of sp³-hybridized carbons (Fsp3) is 0.158. The molecular weight excluding hydrogens is 362 g/mol. The molecule has 0 unspecified atom stereocenters. The lowest BCUT2D eigenvalue weighted by molar-refractivity contribution is 0.591. The average Bonchev–Trinajstić information content (AvgIpc) is 3.29. The maximum Gasteiger partial charge on any atom is 0.280 e. The minimum atomic E-state index is -3.76. The SMILES string of the molecule is CC(C)n1cnc(S(=O)(=O)Nc2cccc(-c3cn4ccccc4n3)c2)c1. The number of fused-ring (bicyclic) bond motifs is 1. The van der Waals surface area contributed by atoms with Crippen LogP contribution in [0.25, 0.3) is 16.9 Å². The van der Waals surface area contributed by atoms with Crippen molar-refractivity contribution in [2.45, 2.75) is 24.9 Å². The molecule has 0 bridgehead atoms. The number of hydrogen-bond acceptors (Lipinski definition) is 4. The summed E-state index contributed by atoms with van der Waals surface area (Å²) in [6, 6.07) is 13.1. The van der Waals surface area contributed by atoms with Crippen molar-refractivity contribution < 1.29 is 8.42 Å². The van der Waals surface area contributed by atoms with Gasteiger partial charge in [-0.2, -0.15) is 8.42 Å². The molecule has 138 valence electrons. The first-order valence-corrected chi connectivity index (χ1v) is 10.0. The van der Waals surface area contributed by atoms with Gasteiger partial charge in [0.2, 0.25) is 0 Å². The summed E-state index contributed by atoms with van der Waals surface area (Å²) in [5, 5.41) is -0.00525. The lowest BCUT2D eigenvalue weighted by atomic mass is 10.1. The number of pyridine rings is 1. The lowest BCUT2D eigenvalue weighted by Gasteiger charge is -2.07. The first kappa shape index (κ1) is 17.3. The summed E-state index contributed by atoms with van der Waals surface area (Å²) in [4.78, 5) is 8.58. The highest BCUT2D eigenvalue weighted by atomic mass is 32.2. The molecule has 0 atom stereocenters. The van der Waals surface area contributed by atoms with Gasteiger partial charge in [0, 0.05) is 35.9 Å². The van der Waals surface area contributed by atoms with Gasteiger partial charge in [-0.15, -0.1) is 0 Å². The predicted molar refractivity (Wildman–Crippen MR) is 104 cm³/mol. The number of aromatic nitrogens is 4. The molecule has 0 saturated carbocycles. The molecule has 0 aliphatic carbocycles. The summed E-state index contributed by atoms with van der Waals surface area (Å²) < 4.78 is 31.5. The highest BCUT2D eigenvalue weighted by Crippen LogP contribution is 2.24. The topological polar surface area (TPSA) is 81.3 Å². The average molecular weight is 381 g/mol. The molecule has 1 N–H and O–H groups in total. The van der Waals surface area contributed by atoms with E-state index in [0.717, 1.165) is 16.9 Å². The largest absolute Gasteiger partial charge is 0.334 e. The highest BCUT2D eigenvalue weighted by molar-refractivity contribution is 7.92. The fourth-order valence-corrected chi connectivity index (χ4v) is 3.75. The van der Waals surface area contributed by atoms with Crippen LogP contribution in [0.3, 0.4) is 0 Å². The number of rotatable bonds is 5. The molecule has 7 nitrogen and oxygen atoms in total.